The summed E-state index contributed by atoms with van der Waals surface area (Å²) < 4.78 is 25.1. The molecule has 0 amide bonds. The molecule has 0 radical (unpaired) electrons. The van der Waals surface area contributed by atoms with E-state index >= 15 is 0 Å². The molecule has 1 atom stereocenters. The fourth-order valence-corrected chi connectivity index (χ4v) is 0.0958. The predicted molar refractivity (Wildman–Crippen MR) is 16.7 cm³/mol. The molecule has 0 saturated heterocycles. The molecule has 8 heavy (non-hydrogen) atoms. The van der Waals surface area contributed by atoms with Gasteiger partial charge in [-0.25, -0.2) is 4.08 Å². The molecular formula is ClFNaO4P. The Kier molecular flexibility index (Phi) is 7.74. The van der Waals surface area contributed by atoms with E-state index in [9.17, 15) is 14.0 Å². The Bertz CT molecular complexity index is 88.0. The van der Waals surface area contributed by atoms with Crippen LogP contribution < -0.4 is 34.5 Å². The third-order valence-electron chi connectivity index (χ3n) is 0.169. The summed E-state index contributed by atoms with van der Waals surface area (Å²) in [4.78, 5) is 9.44. The van der Waals surface area contributed by atoms with Crippen molar-refractivity contribution in [2.45, 2.75) is 0 Å². The molecule has 0 aliphatic rings. The van der Waals surface area contributed by atoms with Gasteiger partial charge < -0.3 is 4.89 Å². The molecule has 0 fully saturated rings. The molecule has 0 heterocycles. The van der Waals surface area contributed by atoms with Gasteiger partial charge in [0.25, 0.3) is 0 Å². The first kappa shape index (κ1) is 12.0. The molecule has 0 N–H and O–H groups in total. The van der Waals surface area contributed by atoms with E-state index in [1.54, 1.807) is 0 Å². The molecule has 0 aromatic heterocycles. The molecule has 0 bridgehead atoms. The van der Waals surface area contributed by atoms with Gasteiger partial charge in [-0.3, -0.25) is 4.57 Å². The molecule has 8 heteroatoms. The molecule has 0 aromatic rings. The van der Waals surface area contributed by atoms with Gasteiger partial charge in [-0.15, -0.1) is 4.73 Å². The minimum absolute atomic E-state index is 0. The van der Waals surface area contributed by atoms with E-state index in [-0.39, 0.29) is 29.6 Å². The Morgan fingerprint density at radius 1 is 1.75 bits per heavy atom. The van der Waals surface area contributed by atoms with Gasteiger partial charge in [0.15, 0.2) is 0 Å². The zero-order valence-electron chi connectivity index (χ0n) is 3.84. The standard InChI is InChI=1S/ClFHO4P.Na/c1-5-7(3,4)6-2;/h(H,3,4);/q;+1/p-1. The van der Waals surface area contributed by atoms with Gasteiger partial charge >= 0.3 is 37.4 Å². The summed E-state index contributed by atoms with van der Waals surface area (Å²) in [5.41, 5.74) is 0. The molecule has 0 aliphatic heterocycles. The van der Waals surface area contributed by atoms with Crippen LogP contribution in [0.4, 0.5) is 4.53 Å². The predicted octanol–water partition coefficient (Wildman–Crippen LogP) is -2.47. The molecule has 44 valence electrons. The first-order valence-corrected chi connectivity index (χ1v) is 2.81. The third-order valence-corrected chi connectivity index (χ3v) is 1.01. The van der Waals surface area contributed by atoms with Crippen LogP contribution in [0.3, 0.4) is 0 Å². The quantitative estimate of drug-likeness (QED) is 0.342. The topological polar surface area (TPSA) is 58.6 Å². The molecule has 1 unspecified atom stereocenters. The van der Waals surface area contributed by atoms with Crippen LogP contribution in [0.15, 0.2) is 0 Å². The van der Waals surface area contributed by atoms with Gasteiger partial charge in [-0.2, -0.15) is 0 Å². The SMILES string of the molecule is O=P([O-])(OF)OCl.[Na+]. The van der Waals surface area contributed by atoms with Gasteiger partial charge in [0.2, 0.25) is 0 Å². The van der Waals surface area contributed by atoms with Crippen LogP contribution in [0, 0.1) is 0 Å². The van der Waals surface area contributed by atoms with Gasteiger partial charge in [0.05, 0.1) is 11.9 Å². The van der Waals surface area contributed by atoms with Crippen molar-refractivity contribution in [3.63, 3.8) is 0 Å². The van der Waals surface area contributed by atoms with Crippen molar-refractivity contribution in [3.05, 3.63) is 0 Å². The van der Waals surface area contributed by atoms with E-state index in [1.165, 1.54) is 0 Å². The zero-order valence-corrected chi connectivity index (χ0v) is 7.49. The molecule has 0 aliphatic carbocycles. The first-order valence-electron chi connectivity index (χ1n) is 1.04. The minimum atomic E-state index is -4.81. The largest absolute Gasteiger partial charge is 1.00 e. The Morgan fingerprint density at radius 3 is 2.12 bits per heavy atom. The maximum Gasteiger partial charge on any atom is 1.00 e. The number of rotatable bonds is 2. The van der Waals surface area contributed by atoms with Crippen molar-refractivity contribution in [1.82, 2.24) is 0 Å². The summed E-state index contributed by atoms with van der Waals surface area (Å²) in [6, 6.07) is 0. The van der Waals surface area contributed by atoms with Crippen molar-refractivity contribution >= 4 is 19.7 Å². The number of hydrogen-bond acceptors (Lipinski definition) is 4. The third kappa shape index (κ3) is 5.47. The molecule has 0 spiro atoms. The average molecular weight is 172 g/mol. The summed E-state index contributed by atoms with van der Waals surface area (Å²) in [5.74, 6) is 0. The van der Waals surface area contributed by atoms with Crippen LogP contribution >= 0.6 is 19.7 Å². The Morgan fingerprint density at radius 2 is 2.12 bits per heavy atom. The summed E-state index contributed by atoms with van der Waals surface area (Å²) in [6.45, 7) is 0. The van der Waals surface area contributed by atoms with Crippen LogP contribution in [-0.2, 0) is 13.4 Å². The fraction of sp³-hybridized carbons (Fsp3) is 0. The van der Waals surface area contributed by atoms with Crippen LogP contribution in [0.25, 0.3) is 0 Å². The maximum atomic E-state index is 10.5. The number of phosphoric acid groups is 1. The second-order valence-electron chi connectivity index (χ2n) is 0.585. The second-order valence-corrected chi connectivity index (χ2v) is 2.17. The first-order chi connectivity index (χ1) is 3.12. The van der Waals surface area contributed by atoms with E-state index in [4.69, 9.17) is 0 Å². The van der Waals surface area contributed by atoms with Crippen LogP contribution in [-0.4, -0.2) is 0 Å². The van der Waals surface area contributed by atoms with Gasteiger partial charge in [-0.05, 0) is 4.53 Å². The molecule has 0 saturated carbocycles. The molecular weight excluding hydrogens is 172 g/mol. The van der Waals surface area contributed by atoms with Crippen LogP contribution in [0.1, 0.15) is 0 Å². The van der Waals surface area contributed by atoms with E-state index in [0.29, 0.717) is 0 Å². The summed E-state index contributed by atoms with van der Waals surface area (Å²) in [5, 5.41) is 0. The fourth-order valence-electron chi connectivity index (χ4n) is 0.0106. The zero-order chi connectivity index (χ0) is 5.91. The van der Waals surface area contributed by atoms with Crippen molar-refractivity contribution < 1.29 is 52.3 Å². The van der Waals surface area contributed by atoms with Crippen molar-refractivity contribution in [1.29, 1.82) is 0 Å². The summed E-state index contributed by atoms with van der Waals surface area (Å²) in [7, 11) is -4.81. The van der Waals surface area contributed by atoms with Crippen LogP contribution in [0.5, 0.6) is 0 Å². The van der Waals surface area contributed by atoms with E-state index in [2.05, 4.69) is 20.7 Å². The summed E-state index contributed by atoms with van der Waals surface area (Å²) in [6.07, 6.45) is 0. The second kappa shape index (κ2) is 5.14. The molecule has 4 nitrogen and oxygen atoms in total. The van der Waals surface area contributed by atoms with Crippen molar-refractivity contribution in [2.75, 3.05) is 0 Å². The number of halogens is 2. The van der Waals surface area contributed by atoms with Crippen LogP contribution in [0.2, 0.25) is 0 Å². The van der Waals surface area contributed by atoms with Gasteiger partial charge in [0, 0.05) is 0 Å². The van der Waals surface area contributed by atoms with Crippen molar-refractivity contribution in [3.8, 4) is 0 Å². The van der Waals surface area contributed by atoms with E-state index in [1.807, 2.05) is 0 Å². The van der Waals surface area contributed by atoms with E-state index in [0.717, 1.165) is 0 Å². The Balaban J connectivity index is 0. The number of hydrogen-bond donors (Lipinski definition) is 0. The van der Waals surface area contributed by atoms with Gasteiger partial charge in [0.1, 0.15) is 0 Å². The summed E-state index contributed by atoms with van der Waals surface area (Å²) >= 11 is 4.15. The molecule has 0 aromatic carbocycles. The monoisotopic (exact) mass is 172 g/mol. The smallest absolute Gasteiger partial charge is 0.753 e. The normalized spacial score (nSPS) is 16.4. The van der Waals surface area contributed by atoms with Gasteiger partial charge in [-0.1, -0.05) is 0 Å². The Hall–Kier alpha value is 1.33. The van der Waals surface area contributed by atoms with E-state index < -0.39 is 7.82 Å². The Labute approximate surface area is 71.9 Å². The minimum Gasteiger partial charge on any atom is -0.753 e. The molecule has 0 rings (SSSR count). The maximum absolute atomic E-state index is 10.5. The van der Waals surface area contributed by atoms with Crippen molar-refractivity contribution in [2.24, 2.45) is 0 Å². The average Bonchev–Trinajstić information content (AvgIpc) is 1.68.